The second kappa shape index (κ2) is 3.62. The van der Waals surface area contributed by atoms with Crippen LogP contribution in [-0.2, 0) is 14.9 Å². The van der Waals surface area contributed by atoms with Crippen LogP contribution in [0.2, 0.25) is 0 Å². The quantitative estimate of drug-likeness (QED) is 0.290. The number of aliphatic carboxylic acids is 1. The molecule has 0 bridgehead atoms. The Hall–Kier alpha value is -0.700. The van der Waals surface area contributed by atoms with Gasteiger partial charge in [-0.2, -0.15) is 8.42 Å². The fourth-order valence-corrected chi connectivity index (χ4v) is 0.574. The summed E-state index contributed by atoms with van der Waals surface area (Å²) in [6.07, 6.45) is 0. The van der Waals surface area contributed by atoms with Crippen molar-refractivity contribution in [2.24, 2.45) is 0 Å². The summed E-state index contributed by atoms with van der Waals surface area (Å²) >= 11 is 0. The van der Waals surface area contributed by atoms with Gasteiger partial charge in [-0.1, -0.05) is 0 Å². The summed E-state index contributed by atoms with van der Waals surface area (Å²) in [5, 5.41) is 18.0. The molecule has 7 nitrogen and oxygen atoms in total. The lowest BCUT2D eigenvalue weighted by Gasteiger charge is -2.05. The Balaban J connectivity index is 3.90. The molecular formula is C3H7NO6S. The van der Waals surface area contributed by atoms with Crippen molar-refractivity contribution in [2.75, 3.05) is 6.54 Å². The minimum Gasteiger partial charge on any atom is -0.480 e. The SMILES string of the molecule is O=C(O)CNC(O)S(=O)(=O)O. The third-order valence-electron chi connectivity index (χ3n) is 0.710. The van der Waals surface area contributed by atoms with Crippen molar-refractivity contribution in [1.82, 2.24) is 5.32 Å². The van der Waals surface area contributed by atoms with Gasteiger partial charge >= 0.3 is 16.1 Å². The van der Waals surface area contributed by atoms with E-state index in [1.54, 1.807) is 5.32 Å². The number of aliphatic hydroxyl groups is 1. The van der Waals surface area contributed by atoms with Gasteiger partial charge in [0, 0.05) is 0 Å². The fraction of sp³-hybridized carbons (Fsp3) is 0.667. The molecule has 4 N–H and O–H groups in total. The van der Waals surface area contributed by atoms with Crippen LogP contribution in [0.1, 0.15) is 0 Å². The number of carboxylic acids is 1. The van der Waals surface area contributed by atoms with E-state index >= 15 is 0 Å². The second-order valence-corrected chi connectivity index (χ2v) is 3.12. The number of carbonyl (C=O) groups is 1. The zero-order valence-electron chi connectivity index (χ0n) is 5.26. The van der Waals surface area contributed by atoms with Crippen LogP contribution in [-0.4, -0.2) is 41.3 Å². The Morgan fingerprint density at radius 2 is 2.00 bits per heavy atom. The van der Waals surface area contributed by atoms with E-state index in [1.807, 2.05) is 0 Å². The molecule has 0 rings (SSSR count). The number of rotatable bonds is 4. The molecule has 8 heteroatoms. The highest BCUT2D eigenvalue weighted by molar-refractivity contribution is 7.86. The summed E-state index contributed by atoms with van der Waals surface area (Å²) in [5.41, 5.74) is -2.25. The summed E-state index contributed by atoms with van der Waals surface area (Å²) in [6, 6.07) is 0. The zero-order valence-corrected chi connectivity index (χ0v) is 6.08. The van der Waals surface area contributed by atoms with Crippen LogP contribution in [0.5, 0.6) is 0 Å². The maximum absolute atomic E-state index is 9.99. The predicted octanol–water partition coefficient (Wildman–Crippen LogP) is -2.18. The summed E-state index contributed by atoms with van der Waals surface area (Å²) < 4.78 is 28.1. The first-order valence-corrected chi connectivity index (χ1v) is 3.94. The third-order valence-corrected chi connectivity index (χ3v) is 1.44. The van der Waals surface area contributed by atoms with Crippen LogP contribution in [0.4, 0.5) is 0 Å². The van der Waals surface area contributed by atoms with Crippen molar-refractivity contribution in [3.8, 4) is 0 Å². The Kier molecular flexibility index (Phi) is 3.39. The van der Waals surface area contributed by atoms with Gasteiger partial charge < -0.3 is 10.2 Å². The third kappa shape index (κ3) is 4.67. The van der Waals surface area contributed by atoms with E-state index in [2.05, 4.69) is 0 Å². The van der Waals surface area contributed by atoms with Gasteiger partial charge in [-0.15, -0.1) is 0 Å². The van der Waals surface area contributed by atoms with E-state index in [0.717, 1.165) is 0 Å². The Labute approximate surface area is 62.4 Å². The van der Waals surface area contributed by atoms with Crippen LogP contribution in [0.15, 0.2) is 0 Å². The van der Waals surface area contributed by atoms with Crippen molar-refractivity contribution in [3.05, 3.63) is 0 Å². The topological polar surface area (TPSA) is 124 Å². The highest BCUT2D eigenvalue weighted by Crippen LogP contribution is 1.87. The second-order valence-electron chi connectivity index (χ2n) is 1.64. The highest BCUT2D eigenvalue weighted by atomic mass is 32.2. The van der Waals surface area contributed by atoms with E-state index in [1.165, 1.54) is 0 Å². The number of carboxylic acid groups (broad SMARTS) is 1. The van der Waals surface area contributed by atoms with E-state index in [4.69, 9.17) is 14.8 Å². The predicted molar refractivity (Wildman–Crippen MR) is 33.2 cm³/mol. The largest absolute Gasteiger partial charge is 0.480 e. The molecule has 0 aliphatic heterocycles. The van der Waals surface area contributed by atoms with Gasteiger partial charge in [-0.25, -0.2) is 0 Å². The molecule has 0 aromatic rings. The van der Waals surface area contributed by atoms with E-state index in [-0.39, 0.29) is 0 Å². The molecule has 66 valence electrons. The van der Waals surface area contributed by atoms with Gasteiger partial charge in [0.15, 0.2) is 0 Å². The molecule has 0 amide bonds. The van der Waals surface area contributed by atoms with Crippen molar-refractivity contribution in [3.63, 3.8) is 0 Å². The monoisotopic (exact) mass is 185 g/mol. The standard InChI is InChI=1S/C3H7NO6S/c5-2(6)1-4-3(7)11(8,9)10/h3-4,7H,1H2,(H,5,6)(H,8,9,10). The molecular weight excluding hydrogens is 178 g/mol. The maximum Gasteiger partial charge on any atom is 0.317 e. The van der Waals surface area contributed by atoms with Crippen LogP contribution in [0.25, 0.3) is 0 Å². The molecule has 0 fully saturated rings. The normalized spacial score (nSPS) is 14.4. The first-order valence-electron chi connectivity index (χ1n) is 2.43. The number of hydrogen-bond acceptors (Lipinski definition) is 5. The zero-order chi connectivity index (χ0) is 9.07. The van der Waals surface area contributed by atoms with Gasteiger partial charge in [0.2, 0.25) is 5.56 Å². The molecule has 0 aromatic heterocycles. The average molecular weight is 185 g/mol. The molecule has 11 heavy (non-hydrogen) atoms. The van der Waals surface area contributed by atoms with Crippen LogP contribution in [0.3, 0.4) is 0 Å². The van der Waals surface area contributed by atoms with Crippen molar-refractivity contribution < 1.29 is 28.0 Å². The van der Waals surface area contributed by atoms with Crippen molar-refractivity contribution >= 4 is 16.1 Å². The first kappa shape index (κ1) is 10.3. The van der Waals surface area contributed by atoms with Crippen LogP contribution >= 0.6 is 0 Å². The Morgan fingerprint density at radius 1 is 1.55 bits per heavy atom. The molecule has 0 saturated heterocycles. The molecule has 1 unspecified atom stereocenters. The molecule has 0 aromatic carbocycles. The minimum absolute atomic E-state index is 0.749. The lowest BCUT2D eigenvalue weighted by Crippen LogP contribution is -2.39. The molecule has 0 spiro atoms. The van der Waals surface area contributed by atoms with E-state index in [0.29, 0.717) is 0 Å². The highest BCUT2D eigenvalue weighted by Gasteiger charge is 2.18. The first-order chi connectivity index (χ1) is 4.84. The van der Waals surface area contributed by atoms with Crippen molar-refractivity contribution in [2.45, 2.75) is 5.56 Å². The average Bonchev–Trinajstić information content (AvgIpc) is 1.80. The minimum atomic E-state index is -4.62. The molecule has 0 aliphatic carbocycles. The summed E-state index contributed by atoms with van der Waals surface area (Å²) in [6.45, 7) is -0.749. The van der Waals surface area contributed by atoms with E-state index in [9.17, 15) is 13.2 Å². The van der Waals surface area contributed by atoms with E-state index < -0.39 is 28.2 Å². The Morgan fingerprint density at radius 3 is 2.27 bits per heavy atom. The number of nitrogens with one attached hydrogen (secondary N) is 1. The molecule has 0 radical (unpaired) electrons. The van der Waals surface area contributed by atoms with Gasteiger partial charge in [-0.05, 0) is 0 Å². The van der Waals surface area contributed by atoms with Gasteiger partial charge in [0.25, 0.3) is 0 Å². The summed E-state index contributed by atoms with van der Waals surface area (Å²) in [7, 11) is -4.62. The molecule has 1 atom stereocenters. The molecule has 0 saturated carbocycles. The number of hydrogen-bond donors (Lipinski definition) is 4. The lowest BCUT2D eigenvalue weighted by molar-refractivity contribution is -0.136. The fourth-order valence-electron chi connectivity index (χ4n) is 0.280. The van der Waals surface area contributed by atoms with Crippen LogP contribution < -0.4 is 5.32 Å². The Bertz CT molecular complexity index is 232. The molecule has 0 aliphatic rings. The summed E-state index contributed by atoms with van der Waals surface area (Å²) in [4.78, 5) is 9.78. The molecule has 0 heterocycles. The smallest absolute Gasteiger partial charge is 0.317 e. The van der Waals surface area contributed by atoms with Gasteiger partial charge in [-0.3, -0.25) is 14.7 Å². The van der Waals surface area contributed by atoms with Crippen LogP contribution in [0, 0.1) is 0 Å². The number of aliphatic hydroxyl groups excluding tert-OH is 1. The maximum atomic E-state index is 9.99. The van der Waals surface area contributed by atoms with Gasteiger partial charge in [0.1, 0.15) is 0 Å². The summed E-state index contributed by atoms with van der Waals surface area (Å²) in [5.74, 6) is -1.34. The lowest BCUT2D eigenvalue weighted by atomic mass is 10.7. The van der Waals surface area contributed by atoms with Gasteiger partial charge in [0.05, 0.1) is 6.54 Å². The van der Waals surface area contributed by atoms with Crippen molar-refractivity contribution in [1.29, 1.82) is 0 Å².